The van der Waals surface area contributed by atoms with Crippen LogP contribution in [0.25, 0.3) is 0 Å². The number of imide groups is 1. The van der Waals surface area contributed by atoms with Crippen LogP contribution in [0, 0.1) is 59.2 Å². The third-order valence-electron chi connectivity index (χ3n) is 11.6. The van der Waals surface area contributed by atoms with E-state index in [0.717, 1.165) is 36.5 Å². The molecule has 49 heavy (non-hydrogen) atoms. The Balaban J connectivity index is 0.000000122. The quantitative estimate of drug-likeness (QED) is 0.238. The third-order valence-corrected chi connectivity index (χ3v) is 11.6. The molecule has 0 spiro atoms. The van der Waals surface area contributed by atoms with E-state index in [1.54, 1.807) is 20.8 Å². The summed E-state index contributed by atoms with van der Waals surface area (Å²) >= 11 is 0. The van der Waals surface area contributed by atoms with Crippen molar-refractivity contribution in [2.75, 3.05) is 0 Å². The largest absolute Gasteiger partial charge is 0.444 e. The number of nitrogens with two attached hydrogens (primary N) is 1. The Kier molecular flexibility index (Phi) is 9.95. The second-order valence-electron chi connectivity index (χ2n) is 17.6. The first kappa shape index (κ1) is 35.5. The highest BCUT2D eigenvalue weighted by atomic mass is 16.6. The molecule has 8 aliphatic carbocycles. The number of amides is 4. The van der Waals surface area contributed by atoms with E-state index in [9.17, 15) is 19.2 Å². The zero-order valence-electron chi connectivity index (χ0n) is 30.2. The molecule has 9 aliphatic rings. The molecule has 5 fully saturated rings. The molecule has 9 rings (SSSR count). The molecule has 0 aromatic carbocycles. The minimum absolute atomic E-state index is 0.0394. The first-order chi connectivity index (χ1) is 23.1. The first-order valence-electron chi connectivity index (χ1n) is 18.6. The van der Waals surface area contributed by atoms with Gasteiger partial charge in [0.1, 0.15) is 11.2 Å². The molecule has 4 unspecified atom stereocenters. The SMILES string of the molecule is C1=C[C@H]2CC[C@@H]1C2.C1=C[C@H]2CC[C@@H]1C2.CC(C)(C)OC(=O)N1C(=O)C2C1[C@H]1C=C[C@@H]2C1.CC(C)(C)OC(=O)NC1C(C(N)=O)[C@@H]2C=C[C@H]1C2. The van der Waals surface area contributed by atoms with Crippen LogP contribution in [0.1, 0.15) is 92.9 Å². The van der Waals surface area contributed by atoms with E-state index in [0.29, 0.717) is 11.8 Å². The van der Waals surface area contributed by atoms with Crippen molar-refractivity contribution < 1.29 is 28.7 Å². The van der Waals surface area contributed by atoms with Crippen molar-refractivity contribution in [1.29, 1.82) is 0 Å². The average molecular weight is 676 g/mol. The zero-order valence-corrected chi connectivity index (χ0v) is 30.2. The van der Waals surface area contributed by atoms with Crippen LogP contribution in [-0.4, -0.2) is 52.2 Å². The van der Waals surface area contributed by atoms with Gasteiger partial charge in [-0.15, -0.1) is 0 Å². The molecule has 268 valence electrons. The molecule has 4 amide bonds. The summed E-state index contributed by atoms with van der Waals surface area (Å²) in [4.78, 5) is 48.4. The average Bonchev–Trinajstić information content (AvgIpc) is 3.86. The molecule has 0 aromatic rings. The maximum Gasteiger partial charge on any atom is 0.417 e. The number of carbonyl (C=O) groups excluding carboxylic acids is 4. The molecular weight excluding hydrogens is 618 g/mol. The summed E-state index contributed by atoms with van der Waals surface area (Å²) in [7, 11) is 0. The Morgan fingerprint density at radius 2 is 1.14 bits per heavy atom. The summed E-state index contributed by atoms with van der Waals surface area (Å²) in [6.45, 7) is 10.9. The summed E-state index contributed by atoms with van der Waals surface area (Å²) < 4.78 is 10.5. The van der Waals surface area contributed by atoms with E-state index in [1.807, 2.05) is 32.9 Å². The molecule has 0 aromatic heterocycles. The predicted molar refractivity (Wildman–Crippen MR) is 188 cm³/mol. The Hall–Kier alpha value is -3.36. The van der Waals surface area contributed by atoms with E-state index >= 15 is 0 Å². The van der Waals surface area contributed by atoms with Gasteiger partial charge in [-0.3, -0.25) is 9.59 Å². The monoisotopic (exact) mass is 675 g/mol. The van der Waals surface area contributed by atoms with Gasteiger partial charge in [-0.05, 0) is 140 Å². The highest BCUT2D eigenvalue weighted by molar-refractivity contribution is 6.00. The van der Waals surface area contributed by atoms with E-state index in [2.05, 4.69) is 41.8 Å². The lowest BCUT2D eigenvalue weighted by molar-refractivity contribution is -0.154. The van der Waals surface area contributed by atoms with E-state index in [-0.39, 0.29) is 47.6 Å². The number of fused-ring (bicyclic) bond motifs is 11. The molecular formula is C40H57N3O6. The fourth-order valence-electron chi connectivity index (χ4n) is 9.51. The van der Waals surface area contributed by atoms with Crippen LogP contribution in [0.15, 0.2) is 48.6 Å². The van der Waals surface area contributed by atoms with Crippen molar-refractivity contribution in [3.63, 3.8) is 0 Å². The first-order valence-corrected chi connectivity index (χ1v) is 18.6. The topological polar surface area (TPSA) is 128 Å². The number of nitrogens with one attached hydrogen (secondary N) is 1. The van der Waals surface area contributed by atoms with E-state index < -0.39 is 23.4 Å². The lowest BCUT2D eigenvalue weighted by atomic mass is 9.80. The van der Waals surface area contributed by atoms with Crippen molar-refractivity contribution in [2.24, 2.45) is 64.9 Å². The summed E-state index contributed by atoms with van der Waals surface area (Å²) in [5, 5.41) is 2.79. The second-order valence-corrected chi connectivity index (χ2v) is 17.6. The standard InChI is InChI=1S/C13H20N2O3.C13H17NO3.2C7H10/c1-13(2,3)18-12(17)15-10-8-5-4-7(6-8)9(10)11(14)16;1-13(2,3)17-12(16)14-10-8-5-4-7(6-8)9(10)11(14)15;2*1-2-7-4-3-6(1)5-7/h4-5,7-10H,6H2,1-3H3,(H2,14,16)(H,15,17);4-5,7-10H,6H2,1-3H3;2*1-2,6-7H,3-5H2/t2*7-,8+,9?,10?;2*6-,7+/m11../s1. The number of rotatable bonds is 2. The summed E-state index contributed by atoms with van der Waals surface area (Å²) in [5.74, 6) is 4.35. The number of nitrogens with zero attached hydrogens (tertiary/aromatic N) is 1. The number of likely N-dealkylation sites (tertiary alicyclic amines) is 1. The summed E-state index contributed by atoms with van der Waals surface area (Å²) in [6, 6.07) is -0.167. The fraction of sp³-hybridized carbons (Fsp3) is 0.700. The molecule has 1 saturated heterocycles. The van der Waals surface area contributed by atoms with Crippen LogP contribution >= 0.6 is 0 Å². The van der Waals surface area contributed by atoms with Crippen LogP contribution in [0.4, 0.5) is 9.59 Å². The number of hydrogen-bond donors (Lipinski definition) is 2. The van der Waals surface area contributed by atoms with Gasteiger partial charge in [0.15, 0.2) is 0 Å². The summed E-state index contributed by atoms with van der Waals surface area (Å²) in [5.41, 5.74) is 4.33. The van der Waals surface area contributed by atoms with Crippen molar-refractivity contribution in [1.82, 2.24) is 10.2 Å². The number of primary amides is 1. The highest BCUT2D eigenvalue weighted by Gasteiger charge is 2.63. The smallest absolute Gasteiger partial charge is 0.417 e. The van der Waals surface area contributed by atoms with E-state index in [4.69, 9.17) is 15.2 Å². The van der Waals surface area contributed by atoms with Crippen LogP contribution in [-0.2, 0) is 19.1 Å². The van der Waals surface area contributed by atoms with Crippen LogP contribution < -0.4 is 11.1 Å². The number of hydrogen-bond acceptors (Lipinski definition) is 6. The maximum absolute atomic E-state index is 12.0. The van der Waals surface area contributed by atoms with Crippen LogP contribution in [0.5, 0.6) is 0 Å². The normalized spacial score (nSPS) is 38.6. The second kappa shape index (κ2) is 13.7. The van der Waals surface area contributed by atoms with Gasteiger partial charge < -0.3 is 20.5 Å². The number of ether oxygens (including phenoxy) is 2. The Labute approximate surface area is 292 Å². The van der Waals surface area contributed by atoms with Gasteiger partial charge in [-0.25, -0.2) is 14.5 Å². The molecule has 1 heterocycles. The molecule has 12 atom stereocenters. The Morgan fingerprint density at radius 3 is 1.59 bits per heavy atom. The number of carbonyl (C=O) groups is 4. The lowest BCUT2D eigenvalue weighted by Gasteiger charge is -2.46. The summed E-state index contributed by atoms with van der Waals surface area (Å²) in [6.07, 6.45) is 27.6. The number of alkyl carbamates (subject to hydrolysis) is 1. The number of allylic oxidation sites excluding steroid dienone is 6. The van der Waals surface area contributed by atoms with Gasteiger partial charge in [0.05, 0.1) is 23.9 Å². The molecule has 9 heteroatoms. The Bertz CT molecular complexity index is 1370. The zero-order chi connectivity index (χ0) is 35.2. The van der Waals surface area contributed by atoms with Gasteiger partial charge >= 0.3 is 12.2 Å². The number of β-lactam (4-membered cyclic amide) rings is 1. The fourth-order valence-corrected chi connectivity index (χ4v) is 9.51. The van der Waals surface area contributed by atoms with Crippen molar-refractivity contribution >= 4 is 24.0 Å². The molecule has 1 aliphatic heterocycles. The minimum Gasteiger partial charge on any atom is -0.444 e. The van der Waals surface area contributed by atoms with Gasteiger partial charge in [0.2, 0.25) is 11.8 Å². The van der Waals surface area contributed by atoms with Crippen LogP contribution in [0.2, 0.25) is 0 Å². The molecule has 0 radical (unpaired) electrons. The molecule has 9 nitrogen and oxygen atoms in total. The van der Waals surface area contributed by atoms with Gasteiger partial charge in [-0.2, -0.15) is 0 Å². The van der Waals surface area contributed by atoms with Gasteiger partial charge in [0.25, 0.3) is 0 Å². The van der Waals surface area contributed by atoms with Crippen molar-refractivity contribution in [3.8, 4) is 0 Å². The Morgan fingerprint density at radius 1 is 0.673 bits per heavy atom. The van der Waals surface area contributed by atoms with Gasteiger partial charge in [-0.1, -0.05) is 48.6 Å². The van der Waals surface area contributed by atoms with Gasteiger partial charge in [0, 0.05) is 0 Å². The van der Waals surface area contributed by atoms with Crippen LogP contribution in [0.3, 0.4) is 0 Å². The molecule has 8 bridgehead atoms. The van der Waals surface area contributed by atoms with Crippen molar-refractivity contribution in [2.45, 2.75) is 116 Å². The highest BCUT2D eigenvalue weighted by Crippen LogP contribution is 2.53. The van der Waals surface area contributed by atoms with E-state index in [1.165, 1.54) is 43.4 Å². The molecule has 4 saturated carbocycles. The lowest BCUT2D eigenvalue weighted by Crippen LogP contribution is -2.65. The maximum atomic E-state index is 12.0. The third kappa shape index (κ3) is 8.01. The predicted octanol–water partition coefficient (Wildman–Crippen LogP) is 7.09. The minimum atomic E-state index is -0.546. The molecule has 3 N–H and O–H groups in total. The van der Waals surface area contributed by atoms with Crippen molar-refractivity contribution in [3.05, 3.63) is 48.6 Å².